The van der Waals surface area contributed by atoms with Crippen molar-refractivity contribution in [1.29, 1.82) is 0 Å². The second-order valence-electron chi connectivity index (χ2n) is 12.7. The third-order valence-corrected chi connectivity index (χ3v) is 11.2. The molecule has 3 aromatic heterocycles. The number of aromatic amines is 1. The summed E-state index contributed by atoms with van der Waals surface area (Å²) < 4.78 is 11.0. The fraction of sp³-hybridized carbons (Fsp3) is 0.552. The van der Waals surface area contributed by atoms with E-state index in [1.54, 1.807) is 13.8 Å². The molecule has 7 atom stereocenters. The number of aliphatic carboxylic acids is 1. The number of hydrogen-bond acceptors (Lipinski definition) is 16. The number of rotatable bonds is 10. The standard InChI is InChI=1S/C29H41N13O7S/c1-4-50(36-10-15-18(43)19(44)26(49-15)42-12-35-16-21(30)33-11-34-23(16)42)13-5-7-41(14(9-13)27(47)48)8-6-32-25(46)20-29(2,3)40-22-17(37-20)24(45)39-28(31)38-22/h4,11-15,18-19,26,36,43-44H,5-10H2,1-3H3,(H,32,46)(H,47,48)(H2,30,33,34)(H4,31,38,39,40,45)/t13?,14?,15-,18+,19?,26-,50?/m1/s1. The Kier molecular flexibility index (Phi) is 9.88. The number of aromatic nitrogens is 6. The number of piperidine rings is 1. The Morgan fingerprint density at radius 3 is 2.74 bits per heavy atom. The van der Waals surface area contributed by atoms with Gasteiger partial charge in [0.2, 0.25) is 5.95 Å². The first kappa shape index (κ1) is 35.3. The number of nitrogens with one attached hydrogen (secondary N) is 4. The van der Waals surface area contributed by atoms with Crippen LogP contribution in [-0.2, 0) is 14.3 Å². The number of aliphatic imine (C=N–C) groups is 1. The van der Waals surface area contributed by atoms with Gasteiger partial charge in [-0.25, -0.2) is 19.9 Å². The zero-order chi connectivity index (χ0) is 35.9. The number of carbonyl (C=O) groups excluding carboxylic acids is 1. The van der Waals surface area contributed by atoms with Gasteiger partial charge >= 0.3 is 5.97 Å². The monoisotopic (exact) mass is 715 g/mol. The Morgan fingerprint density at radius 2 is 2.00 bits per heavy atom. The molecule has 0 radical (unpaired) electrons. The number of carbonyl (C=O) groups is 2. The lowest BCUT2D eigenvalue weighted by Gasteiger charge is -2.38. The summed E-state index contributed by atoms with van der Waals surface area (Å²) in [5.41, 5.74) is 10.7. The smallest absolute Gasteiger partial charge is 0.320 e. The van der Waals surface area contributed by atoms with E-state index < -0.39 is 64.2 Å². The molecule has 11 N–H and O–H groups in total. The quantitative estimate of drug-likeness (QED) is 0.106. The van der Waals surface area contributed by atoms with Gasteiger partial charge in [0, 0.05) is 31.4 Å². The maximum absolute atomic E-state index is 13.2. The molecule has 6 heterocycles. The topological polar surface area (TPSA) is 297 Å². The van der Waals surface area contributed by atoms with Crippen molar-refractivity contribution in [1.82, 2.24) is 44.4 Å². The second kappa shape index (κ2) is 14.0. The van der Waals surface area contributed by atoms with Gasteiger partial charge in [-0.1, -0.05) is 0 Å². The number of hydrogen-bond donors (Lipinski definition) is 9. The van der Waals surface area contributed by atoms with E-state index >= 15 is 0 Å². The highest BCUT2D eigenvalue weighted by Gasteiger charge is 2.45. The first-order valence-corrected chi connectivity index (χ1v) is 17.4. The average molecular weight is 716 g/mol. The largest absolute Gasteiger partial charge is 0.480 e. The second-order valence-corrected chi connectivity index (χ2v) is 14.9. The third kappa shape index (κ3) is 6.79. The van der Waals surface area contributed by atoms with Crippen molar-refractivity contribution < 1.29 is 29.6 Å². The van der Waals surface area contributed by atoms with E-state index in [1.165, 1.54) is 17.2 Å². The lowest BCUT2D eigenvalue weighted by Crippen LogP contribution is -2.53. The minimum absolute atomic E-state index is 0.0206. The molecule has 20 nitrogen and oxygen atoms in total. The van der Waals surface area contributed by atoms with Crippen LogP contribution in [0, 0.1) is 0 Å². The molecule has 0 aliphatic carbocycles. The van der Waals surface area contributed by atoms with Crippen LogP contribution < -0.4 is 32.4 Å². The predicted octanol–water partition coefficient (Wildman–Crippen LogP) is -1.70. The van der Waals surface area contributed by atoms with Gasteiger partial charge in [-0.05, 0) is 39.0 Å². The Labute approximate surface area is 287 Å². The van der Waals surface area contributed by atoms with E-state index in [-0.39, 0.29) is 53.9 Å². The van der Waals surface area contributed by atoms with Crippen LogP contribution in [0.15, 0.2) is 22.4 Å². The molecular formula is C29H41N13O7S. The van der Waals surface area contributed by atoms with Crippen molar-refractivity contribution in [2.24, 2.45) is 4.99 Å². The molecule has 0 aromatic carbocycles. The molecule has 3 aliphatic heterocycles. The molecule has 0 spiro atoms. The molecule has 21 heteroatoms. The van der Waals surface area contributed by atoms with Crippen LogP contribution in [0.1, 0.15) is 39.8 Å². The molecule has 0 bridgehead atoms. The number of imidazole rings is 1. The Bertz CT molecular complexity index is 1910. The summed E-state index contributed by atoms with van der Waals surface area (Å²) in [5.74, 6) is -1.18. The molecule has 0 saturated carbocycles. The van der Waals surface area contributed by atoms with Gasteiger partial charge in [0.25, 0.3) is 11.5 Å². The number of carboxylic acid groups (broad SMARTS) is 1. The number of ether oxygens (including phenoxy) is 1. The number of nitrogens with zero attached hydrogens (tertiary/aromatic N) is 7. The fourth-order valence-electron chi connectivity index (χ4n) is 6.51. The molecule has 6 rings (SSSR count). The predicted molar refractivity (Wildman–Crippen MR) is 186 cm³/mol. The number of nitrogens with two attached hydrogens (primary N) is 2. The number of H-pyrrole nitrogens is 1. The molecule has 4 unspecified atom stereocenters. The van der Waals surface area contributed by atoms with Gasteiger partial charge in [-0.2, -0.15) is 4.98 Å². The molecule has 270 valence electrons. The molecular weight excluding hydrogens is 674 g/mol. The normalized spacial score (nSPS) is 27.0. The van der Waals surface area contributed by atoms with Gasteiger partial charge in [-0.3, -0.25) is 33.6 Å². The highest BCUT2D eigenvalue weighted by Crippen LogP contribution is 2.34. The SMILES string of the molecule is C/C=S(/NC[C@H]1O[C@@H](n2cnc3c(N)ncnc32)C(O)[C@H]1O)C1CCN(CCNC(=O)C2=Nc3c(nc(N)[nH]c3=O)NC2(C)C)C(C(=O)O)C1. The van der Waals surface area contributed by atoms with Crippen LogP contribution in [0.3, 0.4) is 0 Å². The van der Waals surface area contributed by atoms with Crippen molar-refractivity contribution in [3.63, 3.8) is 0 Å². The summed E-state index contributed by atoms with van der Waals surface area (Å²) in [6.07, 6.45) is -0.441. The van der Waals surface area contributed by atoms with E-state index in [4.69, 9.17) is 16.2 Å². The first-order chi connectivity index (χ1) is 23.8. The minimum atomic E-state index is -1.26. The van der Waals surface area contributed by atoms with Crippen LogP contribution in [0.2, 0.25) is 0 Å². The molecule has 3 aromatic rings. The number of aliphatic hydroxyl groups is 2. The van der Waals surface area contributed by atoms with Gasteiger partial charge in [0.15, 0.2) is 29.2 Å². The summed E-state index contributed by atoms with van der Waals surface area (Å²) in [7, 11) is -0.540. The van der Waals surface area contributed by atoms with E-state index in [0.717, 1.165) is 0 Å². The summed E-state index contributed by atoms with van der Waals surface area (Å²) >= 11 is 0. The van der Waals surface area contributed by atoms with Gasteiger partial charge in [0.05, 0.1) is 11.9 Å². The lowest BCUT2D eigenvalue weighted by molar-refractivity contribution is -0.144. The zero-order valence-electron chi connectivity index (χ0n) is 27.6. The van der Waals surface area contributed by atoms with Crippen LogP contribution in [0.5, 0.6) is 0 Å². The maximum Gasteiger partial charge on any atom is 0.320 e. The van der Waals surface area contributed by atoms with Crippen LogP contribution >= 0.6 is 10.7 Å². The number of anilines is 3. The summed E-state index contributed by atoms with van der Waals surface area (Å²) in [6, 6.07) is -0.794. The molecule has 2 fully saturated rings. The Morgan fingerprint density at radius 1 is 1.22 bits per heavy atom. The van der Waals surface area contributed by atoms with Crippen molar-refractivity contribution in [2.45, 2.75) is 75.0 Å². The van der Waals surface area contributed by atoms with Gasteiger partial charge in [0.1, 0.15) is 41.9 Å². The molecule has 3 aliphatic rings. The van der Waals surface area contributed by atoms with Crippen LogP contribution in [-0.4, -0.2) is 134 Å². The Balaban J connectivity index is 1.04. The molecule has 1 amide bonds. The number of aliphatic hydroxyl groups excluding tert-OH is 2. The number of amides is 1. The third-order valence-electron chi connectivity index (χ3n) is 9.07. The summed E-state index contributed by atoms with van der Waals surface area (Å²) in [5, 5.41) is 39.6. The van der Waals surface area contributed by atoms with E-state index in [0.29, 0.717) is 30.6 Å². The maximum atomic E-state index is 13.2. The summed E-state index contributed by atoms with van der Waals surface area (Å²) in [4.78, 5) is 62.8. The summed E-state index contributed by atoms with van der Waals surface area (Å²) in [6.45, 7) is 6.45. The minimum Gasteiger partial charge on any atom is -0.480 e. The van der Waals surface area contributed by atoms with Crippen molar-refractivity contribution in [3.05, 3.63) is 23.0 Å². The average Bonchev–Trinajstić information content (AvgIpc) is 3.61. The van der Waals surface area contributed by atoms with Crippen LogP contribution in [0.4, 0.5) is 23.3 Å². The van der Waals surface area contributed by atoms with Crippen molar-refractivity contribution in [3.8, 4) is 0 Å². The van der Waals surface area contributed by atoms with Crippen molar-refractivity contribution in [2.75, 3.05) is 43.0 Å². The van der Waals surface area contributed by atoms with E-state index in [9.17, 15) is 29.7 Å². The van der Waals surface area contributed by atoms with E-state index in [2.05, 4.69) is 45.3 Å². The van der Waals surface area contributed by atoms with Crippen molar-refractivity contribution >= 4 is 68.1 Å². The number of carboxylic acids is 1. The van der Waals surface area contributed by atoms with Gasteiger partial charge in [-0.15, -0.1) is 10.7 Å². The first-order valence-electron chi connectivity index (χ1n) is 16.0. The lowest BCUT2D eigenvalue weighted by atomic mass is 9.95. The zero-order valence-corrected chi connectivity index (χ0v) is 28.4. The van der Waals surface area contributed by atoms with Gasteiger partial charge < -0.3 is 42.2 Å². The number of likely N-dealkylation sites (tertiary alicyclic amines) is 1. The highest BCUT2D eigenvalue weighted by atomic mass is 32.2. The Hall–Kier alpha value is -4.54. The molecule has 2 saturated heterocycles. The fourth-order valence-corrected chi connectivity index (χ4v) is 8.40. The number of fused-ring (bicyclic) bond motifs is 2. The molecule has 50 heavy (non-hydrogen) atoms. The number of nitrogen functional groups attached to an aromatic ring is 2. The van der Waals surface area contributed by atoms with Crippen LogP contribution in [0.25, 0.3) is 11.2 Å². The highest BCUT2D eigenvalue weighted by molar-refractivity contribution is 8.13. The van der Waals surface area contributed by atoms with E-state index in [1.807, 2.05) is 17.2 Å².